The molecule has 38 heavy (non-hydrogen) atoms. The van der Waals surface area contributed by atoms with Crippen LogP contribution in [0, 0.1) is 23.7 Å². The Morgan fingerprint density at radius 3 is 2.24 bits per heavy atom. The van der Waals surface area contributed by atoms with E-state index in [4.69, 9.17) is 4.74 Å². The number of hydrogen-bond donors (Lipinski definition) is 1. The van der Waals surface area contributed by atoms with Crippen LogP contribution < -0.4 is 5.32 Å². The van der Waals surface area contributed by atoms with Gasteiger partial charge in [0.05, 0.1) is 6.61 Å². The summed E-state index contributed by atoms with van der Waals surface area (Å²) in [5.74, 6) is 12.1. The summed E-state index contributed by atoms with van der Waals surface area (Å²) in [4.78, 5) is 23.5. The zero-order valence-electron chi connectivity index (χ0n) is 22.4. The van der Waals surface area contributed by atoms with Crippen molar-refractivity contribution in [2.24, 2.45) is 0 Å². The van der Waals surface area contributed by atoms with Gasteiger partial charge in [0.2, 0.25) is 5.91 Å². The van der Waals surface area contributed by atoms with Crippen LogP contribution in [0.3, 0.4) is 0 Å². The molecule has 0 saturated heterocycles. The van der Waals surface area contributed by atoms with Crippen molar-refractivity contribution in [1.29, 1.82) is 0 Å². The van der Waals surface area contributed by atoms with Crippen molar-refractivity contribution in [2.45, 2.75) is 71.3 Å². The largest absolute Gasteiger partial charge is 0.464 e. The predicted octanol–water partition coefficient (Wildman–Crippen LogP) is 7.13. The van der Waals surface area contributed by atoms with Gasteiger partial charge in [-0.2, -0.15) is 0 Å². The van der Waals surface area contributed by atoms with Gasteiger partial charge in [0, 0.05) is 18.4 Å². The van der Waals surface area contributed by atoms with E-state index < -0.39 is 6.04 Å². The molecule has 0 aliphatic carbocycles. The Kier molecular flexibility index (Phi) is 9.60. The molecule has 4 aromatic carbocycles. The summed E-state index contributed by atoms with van der Waals surface area (Å²) in [6, 6.07) is 18.8. The highest BCUT2D eigenvalue weighted by Crippen LogP contribution is 2.35. The van der Waals surface area contributed by atoms with Crippen molar-refractivity contribution < 1.29 is 14.3 Å². The van der Waals surface area contributed by atoms with E-state index in [9.17, 15) is 9.59 Å². The summed E-state index contributed by atoms with van der Waals surface area (Å²) >= 11 is 0. The Labute approximate surface area is 225 Å². The van der Waals surface area contributed by atoms with E-state index in [1.807, 2.05) is 0 Å². The fourth-order valence-corrected chi connectivity index (χ4v) is 4.90. The zero-order valence-corrected chi connectivity index (χ0v) is 22.4. The minimum absolute atomic E-state index is 0.0935. The maximum atomic E-state index is 11.9. The summed E-state index contributed by atoms with van der Waals surface area (Å²) in [6.07, 6.45) is 7.56. The monoisotopic (exact) mass is 505 g/mol. The number of rotatable bonds is 11. The van der Waals surface area contributed by atoms with Crippen LogP contribution in [-0.4, -0.2) is 24.5 Å². The van der Waals surface area contributed by atoms with E-state index in [-0.39, 0.29) is 11.9 Å². The summed E-state index contributed by atoms with van der Waals surface area (Å²) in [6.45, 7) is 3.72. The lowest BCUT2D eigenvalue weighted by molar-refractivity contribution is -0.146. The molecule has 0 radical (unpaired) electrons. The van der Waals surface area contributed by atoms with Crippen molar-refractivity contribution >= 4 is 44.2 Å². The fourth-order valence-electron chi connectivity index (χ4n) is 4.90. The number of carbonyl (C=O) groups is 2. The first-order chi connectivity index (χ1) is 18.6. The van der Waals surface area contributed by atoms with Crippen LogP contribution in [0.15, 0.2) is 54.6 Å². The molecule has 0 saturated carbocycles. The third kappa shape index (κ3) is 6.84. The van der Waals surface area contributed by atoms with Crippen LogP contribution in [0.1, 0.15) is 70.8 Å². The van der Waals surface area contributed by atoms with Crippen LogP contribution in [0.25, 0.3) is 32.3 Å². The minimum Gasteiger partial charge on any atom is -0.464 e. The molecule has 1 amide bonds. The molecule has 1 N–H and O–H groups in total. The zero-order chi connectivity index (χ0) is 26.7. The number of hydrogen-bond acceptors (Lipinski definition) is 3. The molecule has 1 atom stereocenters. The maximum Gasteiger partial charge on any atom is 0.328 e. The van der Waals surface area contributed by atoms with Crippen LogP contribution in [0.2, 0.25) is 0 Å². The Hall–Kier alpha value is -4.02. The second-order valence-electron chi connectivity index (χ2n) is 9.68. The van der Waals surface area contributed by atoms with Gasteiger partial charge >= 0.3 is 5.97 Å². The van der Waals surface area contributed by atoms with E-state index in [0.717, 1.165) is 50.5 Å². The highest BCUT2D eigenvalue weighted by Gasteiger charge is 2.16. The summed E-state index contributed by atoms with van der Waals surface area (Å²) in [5.41, 5.74) is 1.02. The summed E-state index contributed by atoms with van der Waals surface area (Å²) < 4.78 is 4.90. The van der Waals surface area contributed by atoms with Gasteiger partial charge in [0.15, 0.2) is 0 Å². The molecule has 4 aromatic rings. The first-order valence-electron chi connectivity index (χ1n) is 13.7. The first kappa shape index (κ1) is 27.0. The van der Waals surface area contributed by atoms with Gasteiger partial charge in [-0.3, -0.25) is 4.79 Å². The van der Waals surface area contributed by atoms with E-state index >= 15 is 0 Å². The predicted molar refractivity (Wildman–Crippen MR) is 156 cm³/mol. The second-order valence-corrected chi connectivity index (χ2v) is 9.68. The van der Waals surface area contributed by atoms with Crippen LogP contribution in [0.4, 0.5) is 0 Å². The highest BCUT2D eigenvalue weighted by atomic mass is 16.5. The van der Waals surface area contributed by atoms with Crippen LogP contribution in [-0.2, 0) is 14.3 Å². The van der Waals surface area contributed by atoms with E-state index in [1.165, 1.54) is 32.3 Å². The smallest absolute Gasteiger partial charge is 0.328 e. The fraction of sp³-hybridized carbons (Fsp3) is 0.353. The maximum absolute atomic E-state index is 11.9. The average molecular weight is 506 g/mol. The van der Waals surface area contributed by atoms with Crippen LogP contribution in [0.5, 0.6) is 0 Å². The molecule has 0 unspecified atom stereocenters. The van der Waals surface area contributed by atoms with Gasteiger partial charge in [-0.05, 0) is 76.9 Å². The lowest BCUT2D eigenvalue weighted by Gasteiger charge is -2.12. The van der Waals surface area contributed by atoms with Gasteiger partial charge in [-0.25, -0.2) is 4.79 Å². The molecular weight excluding hydrogens is 470 g/mol. The van der Waals surface area contributed by atoms with Gasteiger partial charge < -0.3 is 10.1 Å². The van der Waals surface area contributed by atoms with Gasteiger partial charge in [0.1, 0.15) is 6.04 Å². The number of nitrogens with one attached hydrogen (secondary N) is 1. The molecule has 194 valence electrons. The normalized spacial score (nSPS) is 11.5. The number of carbonyl (C=O) groups excluding carboxylic acids is 2. The topological polar surface area (TPSA) is 55.4 Å². The average Bonchev–Trinajstić information content (AvgIpc) is 2.93. The Bertz CT molecular complexity index is 1510. The molecule has 0 bridgehead atoms. The standard InChI is InChI=1S/C34H35NO3/c1-3-38-34(37)25(2)35-31(36)18-13-11-9-7-5-4-6-8-10-12-15-26-19-20-29-22-21-27-16-14-17-28-23-24-30(26)33(29)32(27)28/h14,16-17,19-25H,3-7,9,11,13,18H2,1-2H3,(H,35,36)/t25-/m0/s1. The number of benzene rings is 4. The minimum atomic E-state index is -0.589. The lowest BCUT2D eigenvalue weighted by Crippen LogP contribution is -2.39. The van der Waals surface area contributed by atoms with Gasteiger partial charge in [-0.1, -0.05) is 86.1 Å². The molecule has 4 heteroatoms. The van der Waals surface area contributed by atoms with E-state index in [0.29, 0.717) is 13.0 Å². The summed E-state index contributed by atoms with van der Waals surface area (Å²) in [5, 5.41) is 10.2. The number of unbranched alkanes of at least 4 members (excludes halogenated alkanes) is 6. The molecule has 0 spiro atoms. The molecule has 0 aliphatic heterocycles. The molecule has 4 rings (SSSR count). The quantitative estimate of drug-likeness (QED) is 0.102. The molecule has 0 aliphatic rings. The Balaban J connectivity index is 1.16. The second kappa shape index (κ2) is 13.5. The third-order valence-corrected chi connectivity index (χ3v) is 6.85. The van der Waals surface area contributed by atoms with Crippen LogP contribution >= 0.6 is 0 Å². The van der Waals surface area contributed by atoms with Crippen molar-refractivity contribution in [3.8, 4) is 23.7 Å². The first-order valence-corrected chi connectivity index (χ1v) is 13.7. The third-order valence-electron chi connectivity index (χ3n) is 6.85. The number of amides is 1. The van der Waals surface area contributed by atoms with Crippen molar-refractivity contribution in [3.63, 3.8) is 0 Å². The van der Waals surface area contributed by atoms with E-state index in [2.05, 4.69) is 83.6 Å². The van der Waals surface area contributed by atoms with Crippen molar-refractivity contribution in [3.05, 3.63) is 60.2 Å². The van der Waals surface area contributed by atoms with Gasteiger partial charge in [-0.15, -0.1) is 0 Å². The van der Waals surface area contributed by atoms with E-state index in [1.54, 1.807) is 13.8 Å². The van der Waals surface area contributed by atoms with Crippen molar-refractivity contribution in [1.82, 2.24) is 5.32 Å². The Morgan fingerprint density at radius 2 is 1.47 bits per heavy atom. The van der Waals surface area contributed by atoms with Gasteiger partial charge in [0.25, 0.3) is 0 Å². The molecular formula is C34H35NO3. The lowest BCUT2D eigenvalue weighted by atomic mass is 9.92. The highest BCUT2D eigenvalue weighted by molar-refractivity contribution is 6.23. The molecule has 0 fully saturated rings. The number of ether oxygens (including phenoxy) is 1. The van der Waals surface area contributed by atoms with Crippen molar-refractivity contribution in [2.75, 3.05) is 6.61 Å². The molecule has 0 aromatic heterocycles. The molecule has 0 heterocycles. The SMILES string of the molecule is CCOC(=O)[C@H](C)NC(=O)CCCCCCCCC#CC#Cc1ccc2ccc3cccc4ccc1c2c34. The Morgan fingerprint density at radius 1 is 0.816 bits per heavy atom. The number of esters is 1. The molecule has 4 nitrogen and oxygen atoms in total. The summed E-state index contributed by atoms with van der Waals surface area (Å²) in [7, 11) is 0.